The Bertz CT molecular complexity index is 396. The molecule has 1 saturated heterocycles. The van der Waals surface area contributed by atoms with Crippen LogP contribution in [0.3, 0.4) is 0 Å². The summed E-state index contributed by atoms with van der Waals surface area (Å²) in [5.41, 5.74) is 1.81. The van der Waals surface area contributed by atoms with Gasteiger partial charge < -0.3 is 0 Å². The van der Waals surface area contributed by atoms with E-state index < -0.39 is 0 Å². The maximum atomic E-state index is 13.8. The van der Waals surface area contributed by atoms with E-state index in [-0.39, 0.29) is 5.82 Å². The lowest BCUT2D eigenvalue weighted by Gasteiger charge is -2.37. The van der Waals surface area contributed by atoms with E-state index in [0.717, 1.165) is 43.9 Å². The molecule has 1 heterocycles. The minimum atomic E-state index is -0.0683. The molecule has 0 N–H and O–H groups in total. The number of nitrogens with zero attached hydrogens (tertiary/aromatic N) is 2. The van der Waals surface area contributed by atoms with Gasteiger partial charge in [0.2, 0.25) is 0 Å². The number of rotatable bonds is 3. The average Bonchev–Trinajstić information content (AvgIpc) is 2.45. The van der Waals surface area contributed by atoms with Gasteiger partial charge in [0.25, 0.3) is 0 Å². The lowest BCUT2D eigenvalue weighted by molar-refractivity contribution is 0.103. The van der Waals surface area contributed by atoms with Gasteiger partial charge in [0, 0.05) is 44.3 Å². The highest BCUT2D eigenvalue weighted by molar-refractivity contribution is 5.23. The molecule has 1 aromatic carbocycles. The third kappa shape index (κ3) is 4.88. The largest absolute Gasteiger partial charge is 0.298 e. The van der Waals surface area contributed by atoms with Crippen molar-refractivity contribution in [2.45, 2.75) is 47.2 Å². The first-order chi connectivity index (χ1) is 9.56. The number of hydrogen-bond donors (Lipinski definition) is 0. The van der Waals surface area contributed by atoms with E-state index in [0.29, 0.717) is 6.04 Å². The van der Waals surface area contributed by atoms with Gasteiger partial charge in [-0.2, -0.15) is 0 Å². The monoisotopic (exact) mass is 280 g/mol. The summed E-state index contributed by atoms with van der Waals surface area (Å²) in [7, 11) is 0. The average molecular weight is 280 g/mol. The fraction of sp³-hybridized carbons (Fsp3) is 0.647. The van der Waals surface area contributed by atoms with E-state index in [1.807, 2.05) is 32.9 Å². The first-order valence-corrected chi connectivity index (χ1v) is 7.77. The second-order valence-electron chi connectivity index (χ2n) is 5.50. The van der Waals surface area contributed by atoms with Gasteiger partial charge in [-0.1, -0.05) is 26.0 Å². The van der Waals surface area contributed by atoms with Gasteiger partial charge in [-0.05, 0) is 32.4 Å². The highest BCUT2D eigenvalue weighted by Gasteiger charge is 2.19. The summed E-state index contributed by atoms with van der Waals surface area (Å²) in [6.45, 7) is 15.4. The van der Waals surface area contributed by atoms with Gasteiger partial charge in [-0.25, -0.2) is 4.39 Å². The van der Waals surface area contributed by atoms with E-state index in [1.165, 1.54) is 0 Å². The zero-order valence-electron chi connectivity index (χ0n) is 13.6. The number of halogens is 1. The number of piperazine rings is 1. The van der Waals surface area contributed by atoms with E-state index in [4.69, 9.17) is 0 Å². The van der Waals surface area contributed by atoms with E-state index in [1.54, 1.807) is 6.07 Å². The molecule has 3 heteroatoms. The van der Waals surface area contributed by atoms with E-state index in [9.17, 15) is 4.39 Å². The molecule has 0 saturated carbocycles. The molecule has 1 aliphatic rings. The molecule has 20 heavy (non-hydrogen) atoms. The predicted octanol–water partition coefficient (Wildman–Crippen LogP) is 3.69. The molecule has 0 aromatic heterocycles. The maximum Gasteiger partial charge on any atom is 0.127 e. The quantitative estimate of drug-likeness (QED) is 0.833. The SMILES string of the molecule is CC.Cc1ccc(CN2CCN(C(C)C)CC2)c(F)c1. The molecule has 0 radical (unpaired) electrons. The minimum absolute atomic E-state index is 0.0683. The molecule has 0 amide bonds. The molecule has 0 bridgehead atoms. The van der Waals surface area contributed by atoms with Gasteiger partial charge in [-0.3, -0.25) is 9.80 Å². The Hall–Kier alpha value is -0.930. The third-order valence-corrected chi connectivity index (χ3v) is 3.74. The Kier molecular flexibility index (Phi) is 7.17. The summed E-state index contributed by atoms with van der Waals surface area (Å²) in [5.74, 6) is -0.0683. The van der Waals surface area contributed by atoms with Crippen LogP contribution in [0.4, 0.5) is 4.39 Å². The Morgan fingerprint density at radius 1 is 1.10 bits per heavy atom. The van der Waals surface area contributed by atoms with Crippen LogP contribution < -0.4 is 0 Å². The molecule has 2 nitrogen and oxygen atoms in total. The highest BCUT2D eigenvalue weighted by Crippen LogP contribution is 2.14. The Balaban J connectivity index is 0.000000956. The second kappa shape index (κ2) is 8.38. The van der Waals surface area contributed by atoms with Crippen molar-refractivity contribution >= 4 is 0 Å². The van der Waals surface area contributed by atoms with Gasteiger partial charge in [0.05, 0.1) is 0 Å². The van der Waals surface area contributed by atoms with Gasteiger partial charge >= 0.3 is 0 Å². The highest BCUT2D eigenvalue weighted by atomic mass is 19.1. The summed E-state index contributed by atoms with van der Waals surface area (Å²) in [6.07, 6.45) is 0. The molecule has 1 aliphatic heterocycles. The van der Waals surface area contributed by atoms with Crippen LogP contribution in [0.25, 0.3) is 0 Å². The summed E-state index contributed by atoms with van der Waals surface area (Å²) < 4.78 is 13.8. The normalized spacial score (nSPS) is 16.9. The first kappa shape index (κ1) is 17.1. The fourth-order valence-corrected chi connectivity index (χ4v) is 2.46. The maximum absolute atomic E-state index is 13.8. The Morgan fingerprint density at radius 3 is 2.20 bits per heavy atom. The third-order valence-electron chi connectivity index (χ3n) is 3.74. The van der Waals surface area contributed by atoms with Crippen LogP contribution in [0.5, 0.6) is 0 Å². The van der Waals surface area contributed by atoms with Crippen molar-refractivity contribution in [1.29, 1.82) is 0 Å². The molecular weight excluding hydrogens is 251 g/mol. The van der Waals surface area contributed by atoms with Crippen molar-refractivity contribution in [2.24, 2.45) is 0 Å². The molecule has 0 atom stereocenters. The Morgan fingerprint density at radius 2 is 1.70 bits per heavy atom. The molecule has 2 rings (SSSR count). The topological polar surface area (TPSA) is 6.48 Å². The molecular formula is C17H29FN2. The minimum Gasteiger partial charge on any atom is -0.298 e. The van der Waals surface area contributed by atoms with Crippen LogP contribution in [0.1, 0.15) is 38.8 Å². The van der Waals surface area contributed by atoms with Crippen molar-refractivity contribution < 1.29 is 4.39 Å². The van der Waals surface area contributed by atoms with Gasteiger partial charge in [0.15, 0.2) is 0 Å². The molecule has 0 spiro atoms. The van der Waals surface area contributed by atoms with Crippen LogP contribution in [-0.4, -0.2) is 42.0 Å². The summed E-state index contributed by atoms with van der Waals surface area (Å²) in [6, 6.07) is 6.14. The van der Waals surface area contributed by atoms with Crippen LogP contribution in [-0.2, 0) is 6.54 Å². The van der Waals surface area contributed by atoms with Crippen molar-refractivity contribution in [2.75, 3.05) is 26.2 Å². The van der Waals surface area contributed by atoms with Crippen molar-refractivity contribution in [3.8, 4) is 0 Å². The van der Waals surface area contributed by atoms with Gasteiger partial charge in [0.1, 0.15) is 5.82 Å². The lowest BCUT2D eigenvalue weighted by atomic mass is 10.1. The van der Waals surface area contributed by atoms with E-state index in [2.05, 4.69) is 23.6 Å². The zero-order chi connectivity index (χ0) is 15.1. The number of benzene rings is 1. The molecule has 0 aliphatic carbocycles. The zero-order valence-corrected chi connectivity index (χ0v) is 13.6. The summed E-state index contributed by atoms with van der Waals surface area (Å²) in [5, 5.41) is 0. The predicted molar refractivity (Wildman–Crippen MR) is 84.5 cm³/mol. The number of hydrogen-bond acceptors (Lipinski definition) is 2. The van der Waals surface area contributed by atoms with Crippen LogP contribution >= 0.6 is 0 Å². The molecule has 1 aromatic rings. The standard InChI is InChI=1S/C15H23FN2.C2H6/c1-12(2)18-8-6-17(7-9-18)11-14-5-4-13(3)10-15(14)16;1-2/h4-5,10,12H,6-9,11H2,1-3H3;1-2H3. The van der Waals surface area contributed by atoms with Crippen molar-refractivity contribution in [1.82, 2.24) is 9.80 Å². The van der Waals surface area contributed by atoms with E-state index >= 15 is 0 Å². The second-order valence-corrected chi connectivity index (χ2v) is 5.50. The number of aryl methyl sites for hydroxylation is 1. The molecule has 114 valence electrons. The first-order valence-electron chi connectivity index (χ1n) is 7.77. The molecule has 0 unspecified atom stereocenters. The molecule has 1 fully saturated rings. The van der Waals surface area contributed by atoms with Crippen LogP contribution in [0.2, 0.25) is 0 Å². The Labute approximate surface area is 123 Å². The fourth-order valence-electron chi connectivity index (χ4n) is 2.46. The van der Waals surface area contributed by atoms with Crippen molar-refractivity contribution in [3.05, 3.63) is 35.1 Å². The summed E-state index contributed by atoms with van der Waals surface area (Å²) in [4.78, 5) is 4.81. The van der Waals surface area contributed by atoms with Crippen molar-refractivity contribution in [3.63, 3.8) is 0 Å². The smallest absolute Gasteiger partial charge is 0.127 e. The van der Waals surface area contributed by atoms with Crippen LogP contribution in [0.15, 0.2) is 18.2 Å². The van der Waals surface area contributed by atoms with Gasteiger partial charge in [-0.15, -0.1) is 0 Å². The summed E-state index contributed by atoms with van der Waals surface area (Å²) >= 11 is 0. The van der Waals surface area contributed by atoms with Crippen LogP contribution in [0, 0.1) is 12.7 Å². The lowest BCUT2D eigenvalue weighted by Crippen LogP contribution is -2.48.